The number of aromatic hydroxyl groups is 1. The molecule has 4 heteroatoms. The maximum atomic E-state index is 12.1. The summed E-state index contributed by atoms with van der Waals surface area (Å²) in [5.74, 6) is -0.229. The van der Waals surface area contributed by atoms with Gasteiger partial charge in [0.25, 0.3) is 5.56 Å². The van der Waals surface area contributed by atoms with Gasteiger partial charge in [0.2, 0.25) is 0 Å². The first kappa shape index (κ1) is 11.5. The first-order valence-electron chi connectivity index (χ1n) is 5.91. The van der Waals surface area contributed by atoms with Gasteiger partial charge in [-0.15, -0.1) is 0 Å². The lowest BCUT2D eigenvalue weighted by Gasteiger charge is -2.12. The van der Waals surface area contributed by atoms with E-state index in [1.165, 1.54) is 4.57 Å². The monoisotopic (exact) mass is 252 g/mol. The Labute approximate surface area is 109 Å². The molecule has 0 fully saturated rings. The van der Waals surface area contributed by atoms with Gasteiger partial charge in [-0.1, -0.05) is 18.2 Å². The van der Waals surface area contributed by atoms with Crippen molar-refractivity contribution < 1.29 is 5.11 Å². The van der Waals surface area contributed by atoms with Crippen molar-refractivity contribution in [3.05, 3.63) is 59.1 Å². The summed E-state index contributed by atoms with van der Waals surface area (Å²) in [6.07, 6.45) is 3.28. The number of pyridine rings is 2. The van der Waals surface area contributed by atoms with Crippen molar-refractivity contribution in [2.75, 3.05) is 0 Å². The Bertz CT molecular complexity index is 807. The summed E-state index contributed by atoms with van der Waals surface area (Å²) in [5.41, 5.74) is 1.73. The Hall–Kier alpha value is -2.62. The Kier molecular flexibility index (Phi) is 2.56. The molecule has 2 aromatic heterocycles. The smallest absolute Gasteiger partial charge is 0.293 e. The van der Waals surface area contributed by atoms with Gasteiger partial charge in [-0.2, -0.15) is 0 Å². The van der Waals surface area contributed by atoms with Gasteiger partial charge in [0.05, 0.1) is 5.52 Å². The third-order valence-electron chi connectivity index (χ3n) is 3.25. The first-order chi connectivity index (χ1) is 9.20. The van der Waals surface area contributed by atoms with Crippen LogP contribution in [-0.2, 0) is 7.05 Å². The van der Waals surface area contributed by atoms with Gasteiger partial charge < -0.3 is 9.67 Å². The van der Waals surface area contributed by atoms with E-state index in [4.69, 9.17) is 0 Å². The third-order valence-corrected chi connectivity index (χ3v) is 3.25. The van der Waals surface area contributed by atoms with Gasteiger partial charge in [-0.3, -0.25) is 9.78 Å². The van der Waals surface area contributed by atoms with Crippen LogP contribution in [0.3, 0.4) is 0 Å². The van der Waals surface area contributed by atoms with Crippen LogP contribution in [0.15, 0.2) is 53.6 Å². The minimum absolute atomic E-state index is 0.229. The summed E-state index contributed by atoms with van der Waals surface area (Å²) >= 11 is 0. The SMILES string of the molecule is Cn1c(=O)c(O)c(-c2ccncc2)c2ccccc21. The van der Waals surface area contributed by atoms with E-state index in [0.717, 1.165) is 16.5 Å². The number of hydrogen-bond acceptors (Lipinski definition) is 3. The maximum Gasteiger partial charge on any atom is 0.293 e. The third kappa shape index (κ3) is 1.69. The van der Waals surface area contributed by atoms with Gasteiger partial charge in [0.1, 0.15) is 0 Å². The van der Waals surface area contributed by atoms with E-state index in [2.05, 4.69) is 4.98 Å². The van der Waals surface area contributed by atoms with E-state index in [0.29, 0.717) is 5.56 Å². The number of para-hydroxylation sites is 1. The fourth-order valence-electron chi connectivity index (χ4n) is 2.29. The summed E-state index contributed by atoms with van der Waals surface area (Å²) in [6.45, 7) is 0. The number of fused-ring (bicyclic) bond motifs is 1. The molecule has 0 aliphatic rings. The molecule has 0 atom stereocenters. The molecule has 3 aromatic rings. The second-order valence-corrected chi connectivity index (χ2v) is 4.34. The lowest BCUT2D eigenvalue weighted by molar-refractivity contribution is 0.465. The molecule has 0 unspecified atom stereocenters. The highest BCUT2D eigenvalue weighted by Crippen LogP contribution is 2.33. The van der Waals surface area contributed by atoms with Crippen molar-refractivity contribution in [3.63, 3.8) is 0 Å². The summed E-state index contributed by atoms with van der Waals surface area (Å²) in [7, 11) is 1.65. The van der Waals surface area contributed by atoms with Gasteiger partial charge >= 0.3 is 0 Å². The Morgan fingerprint density at radius 2 is 1.79 bits per heavy atom. The summed E-state index contributed by atoms with van der Waals surface area (Å²) < 4.78 is 1.45. The summed E-state index contributed by atoms with van der Waals surface area (Å²) in [5, 5.41) is 11.0. The molecule has 0 aliphatic heterocycles. The average molecular weight is 252 g/mol. The average Bonchev–Trinajstić information content (AvgIpc) is 2.46. The molecule has 0 radical (unpaired) electrons. The second kappa shape index (κ2) is 4.24. The van der Waals surface area contributed by atoms with Crippen LogP contribution in [0.2, 0.25) is 0 Å². The first-order valence-corrected chi connectivity index (χ1v) is 5.91. The number of aromatic nitrogens is 2. The topological polar surface area (TPSA) is 55.1 Å². The molecule has 4 nitrogen and oxygen atoms in total. The number of hydrogen-bond donors (Lipinski definition) is 1. The van der Waals surface area contributed by atoms with Crippen LogP contribution in [0.5, 0.6) is 5.75 Å². The highest BCUT2D eigenvalue weighted by atomic mass is 16.3. The zero-order chi connectivity index (χ0) is 13.4. The summed E-state index contributed by atoms with van der Waals surface area (Å²) in [6, 6.07) is 11.1. The molecule has 0 bridgehead atoms. The molecular formula is C15H12N2O2. The molecule has 1 N–H and O–H groups in total. The van der Waals surface area contributed by atoms with E-state index in [1.807, 2.05) is 24.3 Å². The standard InChI is InChI=1S/C15H12N2O2/c1-17-12-5-3-2-4-11(12)13(14(18)15(17)19)10-6-8-16-9-7-10/h2-9,18H,1H3. The minimum atomic E-state index is -0.398. The quantitative estimate of drug-likeness (QED) is 0.723. The molecule has 19 heavy (non-hydrogen) atoms. The van der Waals surface area contributed by atoms with Crippen molar-refractivity contribution in [2.24, 2.45) is 7.05 Å². The zero-order valence-corrected chi connectivity index (χ0v) is 10.4. The summed E-state index contributed by atoms with van der Waals surface area (Å²) in [4.78, 5) is 16.0. The van der Waals surface area contributed by atoms with Crippen LogP contribution >= 0.6 is 0 Å². The predicted octanol–water partition coefficient (Wildman–Crippen LogP) is 2.31. The van der Waals surface area contributed by atoms with E-state index < -0.39 is 5.56 Å². The lowest BCUT2D eigenvalue weighted by atomic mass is 10.0. The van der Waals surface area contributed by atoms with Crippen molar-refractivity contribution in [2.45, 2.75) is 0 Å². The van der Waals surface area contributed by atoms with Crippen molar-refractivity contribution in [3.8, 4) is 16.9 Å². The van der Waals surface area contributed by atoms with Crippen molar-refractivity contribution >= 4 is 10.9 Å². The fraction of sp³-hybridized carbons (Fsp3) is 0.0667. The molecular weight excluding hydrogens is 240 g/mol. The number of nitrogens with zero attached hydrogens (tertiary/aromatic N) is 2. The van der Waals surface area contributed by atoms with E-state index in [9.17, 15) is 9.90 Å². The lowest BCUT2D eigenvalue weighted by Crippen LogP contribution is -2.17. The molecule has 94 valence electrons. The van der Waals surface area contributed by atoms with Crippen LogP contribution < -0.4 is 5.56 Å². The second-order valence-electron chi connectivity index (χ2n) is 4.34. The van der Waals surface area contributed by atoms with Gasteiger partial charge in [-0.25, -0.2) is 0 Å². The zero-order valence-electron chi connectivity index (χ0n) is 10.4. The molecule has 3 rings (SSSR count). The molecule has 0 spiro atoms. The van der Waals surface area contributed by atoms with Gasteiger partial charge in [0, 0.05) is 30.4 Å². The van der Waals surface area contributed by atoms with E-state index in [-0.39, 0.29) is 5.75 Å². The Morgan fingerprint density at radius 3 is 2.53 bits per heavy atom. The normalized spacial score (nSPS) is 10.8. The minimum Gasteiger partial charge on any atom is -0.503 e. The van der Waals surface area contributed by atoms with E-state index in [1.54, 1.807) is 31.6 Å². The van der Waals surface area contributed by atoms with Crippen LogP contribution in [0.4, 0.5) is 0 Å². The predicted molar refractivity (Wildman–Crippen MR) is 74.1 cm³/mol. The fourth-order valence-corrected chi connectivity index (χ4v) is 2.29. The van der Waals surface area contributed by atoms with Crippen molar-refractivity contribution in [1.82, 2.24) is 9.55 Å². The molecule has 0 saturated heterocycles. The highest BCUT2D eigenvalue weighted by Gasteiger charge is 2.15. The molecule has 0 saturated carbocycles. The van der Waals surface area contributed by atoms with Crippen LogP contribution in [-0.4, -0.2) is 14.7 Å². The van der Waals surface area contributed by atoms with Crippen LogP contribution in [0, 0.1) is 0 Å². The molecule has 0 aliphatic carbocycles. The Morgan fingerprint density at radius 1 is 1.11 bits per heavy atom. The number of aryl methyl sites for hydroxylation is 1. The number of rotatable bonds is 1. The van der Waals surface area contributed by atoms with Crippen LogP contribution in [0.25, 0.3) is 22.0 Å². The molecule has 0 amide bonds. The largest absolute Gasteiger partial charge is 0.503 e. The van der Waals surface area contributed by atoms with E-state index >= 15 is 0 Å². The highest BCUT2D eigenvalue weighted by molar-refractivity contribution is 5.97. The van der Waals surface area contributed by atoms with Gasteiger partial charge in [0.15, 0.2) is 5.75 Å². The Balaban J connectivity index is 2.52. The molecule has 2 heterocycles. The number of benzene rings is 1. The molecule has 1 aromatic carbocycles. The van der Waals surface area contributed by atoms with Crippen molar-refractivity contribution in [1.29, 1.82) is 0 Å². The maximum absolute atomic E-state index is 12.1. The van der Waals surface area contributed by atoms with Crippen LogP contribution in [0.1, 0.15) is 0 Å². The van der Waals surface area contributed by atoms with Gasteiger partial charge in [-0.05, 0) is 23.8 Å².